The Bertz CT molecular complexity index is 949. The number of aryl methyl sites for hydroxylation is 1. The molecule has 1 N–H and O–H groups in total. The number of nitro groups is 2. The molecule has 2 aromatic carbocycles. The molecule has 8 nitrogen and oxygen atoms in total. The second-order valence-electron chi connectivity index (χ2n) is 5.17. The van der Waals surface area contributed by atoms with Crippen LogP contribution in [0.15, 0.2) is 48.5 Å². The normalized spacial score (nSPS) is 10.5. The van der Waals surface area contributed by atoms with E-state index in [2.05, 4.69) is 9.97 Å². The van der Waals surface area contributed by atoms with E-state index in [1.165, 1.54) is 24.3 Å². The van der Waals surface area contributed by atoms with Gasteiger partial charge in [0.15, 0.2) is 0 Å². The van der Waals surface area contributed by atoms with E-state index in [4.69, 9.17) is 0 Å². The van der Waals surface area contributed by atoms with Gasteiger partial charge in [-0.25, -0.2) is 4.98 Å². The molecular weight excluding hydrogens is 312 g/mol. The first-order chi connectivity index (χ1) is 11.5. The Hall–Kier alpha value is -3.55. The van der Waals surface area contributed by atoms with Gasteiger partial charge in [-0.2, -0.15) is 0 Å². The molecular formula is C16H12N4O4. The Morgan fingerprint density at radius 2 is 1.46 bits per heavy atom. The van der Waals surface area contributed by atoms with Crippen molar-refractivity contribution in [2.24, 2.45) is 0 Å². The topological polar surface area (TPSA) is 115 Å². The van der Waals surface area contributed by atoms with Crippen LogP contribution in [0.4, 0.5) is 11.4 Å². The van der Waals surface area contributed by atoms with E-state index in [1.807, 2.05) is 0 Å². The molecule has 1 aromatic heterocycles. The molecule has 0 unspecified atom stereocenters. The van der Waals surface area contributed by atoms with Crippen LogP contribution >= 0.6 is 0 Å². The molecule has 0 aliphatic rings. The Kier molecular flexibility index (Phi) is 3.78. The van der Waals surface area contributed by atoms with Gasteiger partial charge in [-0.15, -0.1) is 0 Å². The molecule has 0 saturated carbocycles. The fourth-order valence-corrected chi connectivity index (χ4v) is 2.41. The molecule has 8 heteroatoms. The Morgan fingerprint density at radius 1 is 0.917 bits per heavy atom. The molecule has 0 atom stereocenters. The van der Waals surface area contributed by atoms with Crippen molar-refractivity contribution in [3.63, 3.8) is 0 Å². The molecule has 120 valence electrons. The molecule has 0 fully saturated rings. The number of nitrogens with zero attached hydrogens (tertiary/aromatic N) is 3. The van der Waals surface area contributed by atoms with E-state index >= 15 is 0 Å². The van der Waals surface area contributed by atoms with E-state index in [0.29, 0.717) is 22.6 Å². The number of imidazole rings is 1. The summed E-state index contributed by atoms with van der Waals surface area (Å²) >= 11 is 0. The third kappa shape index (κ3) is 2.84. The molecule has 0 aliphatic heterocycles. The van der Waals surface area contributed by atoms with Crippen molar-refractivity contribution < 1.29 is 9.85 Å². The number of aromatic amines is 1. The van der Waals surface area contributed by atoms with Crippen molar-refractivity contribution in [3.8, 4) is 22.6 Å². The lowest BCUT2D eigenvalue weighted by Crippen LogP contribution is -1.89. The number of nitro benzene ring substituents is 2. The minimum absolute atomic E-state index is 0.0215. The maximum atomic E-state index is 10.9. The SMILES string of the molecule is Cc1[nH]c(-c2cccc([N+](=O)[O-])c2)nc1-c1cccc([N+](=O)[O-])c1. The van der Waals surface area contributed by atoms with Crippen LogP contribution in [0, 0.1) is 27.2 Å². The van der Waals surface area contributed by atoms with Crippen LogP contribution < -0.4 is 0 Å². The standard InChI is InChI=1S/C16H12N4O4/c1-10-15(11-4-2-6-13(8-11)19(21)22)18-16(17-10)12-5-3-7-14(9-12)20(23)24/h2-9H,1H3,(H,17,18). The third-order valence-corrected chi connectivity index (χ3v) is 3.55. The number of benzene rings is 2. The lowest BCUT2D eigenvalue weighted by molar-refractivity contribution is -0.385. The molecule has 0 radical (unpaired) electrons. The molecule has 3 rings (SSSR count). The van der Waals surface area contributed by atoms with E-state index in [1.54, 1.807) is 31.2 Å². The van der Waals surface area contributed by atoms with Crippen LogP contribution in [0.2, 0.25) is 0 Å². The Labute approximate surface area is 136 Å². The van der Waals surface area contributed by atoms with Crippen LogP contribution in [-0.2, 0) is 0 Å². The number of nitrogens with one attached hydrogen (secondary N) is 1. The van der Waals surface area contributed by atoms with Gasteiger partial charge in [0, 0.05) is 41.1 Å². The van der Waals surface area contributed by atoms with E-state index < -0.39 is 9.85 Å². The summed E-state index contributed by atoms with van der Waals surface area (Å²) in [5.41, 5.74) is 2.42. The fraction of sp³-hybridized carbons (Fsp3) is 0.0625. The van der Waals surface area contributed by atoms with Crippen molar-refractivity contribution in [1.29, 1.82) is 0 Å². The predicted molar refractivity (Wildman–Crippen MR) is 87.5 cm³/mol. The van der Waals surface area contributed by atoms with Crippen LogP contribution in [0.5, 0.6) is 0 Å². The van der Waals surface area contributed by atoms with Gasteiger partial charge in [0.05, 0.1) is 15.5 Å². The zero-order chi connectivity index (χ0) is 17.3. The summed E-state index contributed by atoms with van der Waals surface area (Å²) in [7, 11) is 0. The number of non-ortho nitro benzene ring substituents is 2. The molecule has 0 bridgehead atoms. The van der Waals surface area contributed by atoms with Gasteiger partial charge in [0.1, 0.15) is 5.82 Å². The van der Waals surface area contributed by atoms with Gasteiger partial charge in [-0.1, -0.05) is 24.3 Å². The maximum absolute atomic E-state index is 10.9. The molecule has 0 saturated heterocycles. The summed E-state index contributed by atoms with van der Waals surface area (Å²) in [6.07, 6.45) is 0. The molecule has 0 spiro atoms. The van der Waals surface area contributed by atoms with Gasteiger partial charge in [0.25, 0.3) is 11.4 Å². The average molecular weight is 324 g/mol. The quantitative estimate of drug-likeness (QED) is 0.577. The number of aromatic nitrogens is 2. The predicted octanol–water partition coefficient (Wildman–Crippen LogP) is 3.87. The fourth-order valence-electron chi connectivity index (χ4n) is 2.41. The molecule has 0 amide bonds. The van der Waals surface area contributed by atoms with Crippen molar-refractivity contribution >= 4 is 11.4 Å². The smallest absolute Gasteiger partial charge is 0.270 e. The molecule has 1 heterocycles. The van der Waals surface area contributed by atoms with E-state index in [0.717, 1.165) is 5.69 Å². The average Bonchev–Trinajstić information content (AvgIpc) is 2.97. The monoisotopic (exact) mass is 324 g/mol. The molecule has 0 aliphatic carbocycles. The zero-order valence-electron chi connectivity index (χ0n) is 12.6. The van der Waals surface area contributed by atoms with Crippen molar-refractivity contribution in [2.45, 2.75) is 6.92 Å². The van der Waals surface area contributed by atoms with E-state index in [-0.39, 0.29) is 11.4 Å². The second-order valence-corrected chi connectivity index (χ2v) is 5.17. The highest BCUT2D eigenvalue weighted by atomic mass is 16.6. The lowest BCUT2D eigenvalue weighted by atomic mass is 10.1. The van der Waals surface area contributed by atoms with Gasteiger partial charge in [-0.3, -0.25) is 20.2 Å². The van der Waals surface area contributed by atoms with Crippen LogP contribution in [0.25, 0.3) is 22.6 Å². The van der Waals surface area contributed by atoms with Crippen molar-refractivity contribution in [1.82, 2.24) is 9.97 Å². The summed E-state index contributed by atoms with van der Waals surface area (Å²) in [6.45, 7) is 1.79. The first-order valence-corrected chi connectivity index (χ1v) is 7.02. The zero-order valence-corrected chi connectivity index (χ0v) is 12.6. The summed E-state index contributed by atoms with van der Waals surface area (Å²) in [5, 5.41) is 21.8. The molecule has 24 heavy (non-hydrogen) atoms. The minimum atomic E-state index is -0.471. The van der Waals surface area contributed by atoms with Crippen LogP contribution in [-0.4, -0.2) is 19.8 Å². The summed E-state index contributed by atoms with van der Waals surface area (Å²) in [4.78, 5) is 28.4. The van der Waals surface area contributed by atoms with E-state index in [9.17, 15) is 20.2 Å². The summed E-state index contributed by atoms with van der Waals surface area (Å²) in [5.74, 6) is 0.470. The van der Waals surface area contributed by atoms with Gasteiger partial charge >= 0.3 is 0 Å². The highest BCUT2D eigenvalue weighted by Crippen LogP contribution is 2.29. The maximum Gasteiger partial charge on any atom is 0.270 e. The number of rotatable bonds is 4. The largest absolute Gasteiger partial charge is 0.342 e. The summed E-state index contributed by atoms with van der Waals surface area (Å²) < 4.78 is 0. The van der Waals surface area contributed by atoms with Gasteiger partial charge < -0.3 is 4.98 Å². The highest BCUT2D eigenvalue weighted by molar-refractivity contribution is 5.69. The van der Waals surface area contributed by atoms with Gasteiger partial charge in [-0.05, 0) is 6.92 Å². The second kappa shape index (κ2) is 5.92. The van der Waals surface area contributed by atoms with Crippen molar-refractivity contribution in [3.05, 3.63) is 74.5 Å². The third-order valence-electron chi connectivity index (χ3n) is 3.55. The first-order valence-electron chi connectivity index (χ1n) is 7.02. The number of hydrogen-bond donors (Lipinski definition) is 1. The minimum Gasteiger partial charge on any atom is -0.342 e. The van der Waals surface area contributed by atoms with Crippen LogP contribution in [0.3, 0.4) is 0 Å². The van der Waals surface area contributed by atoms with Crippen LogP contribution in [0.1, 0.15) is 5.69 Å². The highest BCUT2D eigenvalue weighted by Gasteiger charge is 2.15. The molecule has 3 aromatic rings. The number of hydrogen-bond acceptors (Lipinski definition) is 5. The number of H-pyrrole nitrogens is 1. The Morgan fingerprint density at radius 3 is 2.04 bits per heavy atom. The summed E-state index contributed by atoms with van der Waals surface area (Å²) in [6, 6.07) is 12.3. The van der Waals surface area contributed by atoms with Gasteiger partial charge in [0.2, 0.25) is 0 Å². The lowest BCUT2D eigenvalue weighted by Gasteiger charge is -1.98. The Balaban J connectivity index is 2.05. The van der Waals surface area contributed by atoms with Crippen molar-refractivity contribution in [2.75, 3.05) is 0 Å². The first kappa shape index (κ1) is 15.3.